The van der Waals surface area contributed by atoms with Crippen LogP contribution in [0, 0.1) is 11.3 Å². The summed E-state index contributed by atoms with van der Waals surface area (Å²) >= 11 is 0. The largest absolute Gasteiger partial charge is 0.192 e. The van der Waals surface area contributed by atoms with E-state index in [-0.39, 0.29) is 0 Å². The van der Waals surface area contributed by atoms with Crippen LogP contribution < -0.4 is 0 Å². The van der Waals surface area contributed by atoms with Crippen molar-refractivity contribution in [3.8, 4) is 6.07 Å². The van der Waals surface area contributed by atoms with Crippen LogP contribution in [0.3, 0.4) is 0 Å². The van der Waals surface area contributed by atoms with Crippen molar-refractivity contribution in [3.05, 3.63) is 34.9 Å². The van der Waals surface area contributed by atoms with Crippen LogP contribution in [0.4, 0.5) is 0 Å². The highest BCUT2D eigenvalue weighted by Crippen LogP contribution is 2.18. The third-order valence-electron chi connectivity index (χ3n) is 2.69. The first-order chi connectivity index (χ1) is 8.33. The van der Waals surface area contributed by atoms with E-state index in [0.717, 1.165) is 24.8 Å². The van der Waals surface area contributed by atoms with E-state index < -0.39 is 0 Å². The van der Waals surface area contributed by atoms with Gasteiger partial charge in [0, 0.05) is 0 Å². The summed E-state index contributed by atoms with van der Waals surface area (Å²) in [6, 6.07) is 8.40. The van der Waals surface area contributed by atoms with Crippen molar-refractivity contribution in [2.24, 2.45) is 0 Å². The van der Waals surface area contributed by atoms with E-state index in [0.29, 0.717) is 0 Å². The summed E-state index contributed by atoms with van der Waals surface area (Å²) in [5, 5.41) is 9.06. The van der Waals surface area contributed by atoms with Crippen LogP contribution >= 0.6 is 0 Å². The smallest absolute Gasteiger partial charge is 0.0994 e. The van der Waals surface area contributed by atoms with Gasteiger partial charge in [0.15, 0.2) is 0 Å². The molecule has 0 N–H and O–H groups in total. The molecule has 0 fully saturated rings. The van der Waals surface area contributed by atoms with Gasteiger partial charge < -0.3 is 0 Å². The van der Waals surface area contributed by atoms with Crippen LogP contribution in [0.5, 0.6) is 0 Å². The van der Waals surface area contributed by atoms with Gasteiger partial charge >= 0.3 is 0 Å². The van der Waals surface area contributed by atoms with Gasteiger partial charge in [-0.2, -0.15) is 5.26 Å². The van der Waals surface area contributed by atoms with Crippen molar-refractivity contribution in [1.29, 1.82) is 5.26 Å². The molecule has 0 aliphatic rings. The number of rotatable bonds is 5. The van der Waals surface area contributed by atoms with Gasteiger partial charge in [0.05, 0.1) is 11.6 Å². The first kappa shape index (κ1) is 15.7. The number of aryl methyl sites for hydroxylation is 1. The van der Waals surface area contributed by atoms with Crippen LogP contribution in [-0.4, -0.2) is 0 Å². The summed E-state index contributed by atoms with van der Waals surface area (Å²) in [6.45, 7) is 8.37. The minimum absolute atomic E-state index is 0.870. The molecule has 0 saturated carbocycles. The second-order valence-electron chi connectivity index (χ2n) is 3.91. The fraction of sp³-hybridized carbons (Fsp3) is 0.562. The predicted molar refractivity (Wildman–Crippen MR) is 75.1 cm³/mol. The molecule has 0 unspecified atom stereocenters. The Morgan fingerprint density at radius 2 is 1.76 bits per heavy atom. The second kappa shape index (κ2) is 9.90. The number of unbranched alkanes of at least 4 members (excludes halogenated alkanes) is 1. The molecule has 1 heteroatoms. The monoisotopic (exact) mass is 231 g/mol. The molecule has 0 amide bonds. The maximum atomic E-state index is 9.06. The van der Waals surface area contributed by atoms with Crippen molar-refractivity contribution < 1.29 is 0 Å². The summed E-state index contributed by atoms with van der Waals surface area (Å²) < 4.78 is 0. The summed E-state index contributed by atoms with van der Waals surface area (Å²) in [5.74, 6) is 0. The Hall–Kier alpha value is -1.29. The molecule has 0 bridgehead atoms. The van der Waals surface area contributed by atoms with Gasteiger partial charge in [-0.05, 0) is 36.5 Å². The van der Waals surface area contributed by atoms with Crippen molar-refractivity contribution in [3.63, 3.8) is 0 Å². The average molecular weight is 231 g/mol. The minimum atomic E-state index is 0.870. The van der Waals surface area contributed by atoms with E-state index in [9.17, 15) is 0 Å². The third kappa shape index (κ3) is 5.04. The molecule has 1 nitrogen and oxygen atoms in total. The van der Waals surface area contributed by atoms with E-state index in [1.165, 1.54) is 24.0 Å². The molecule has 0 heterocycles. The van der Waals surface area contributed by atoms with Gasteiger partial charge in [-0.15, -0.1) is 0 Å². The van der Waals surface area contributed by atoms with Crippen LogP contribution in [0.2, 0.25) is 0 Å². The van der Waals surface area contributed by atoms with Crippen molar-refractivity contribution in [2.75, 3.05) is 0 Å². The first-order valence-corrected chi connectivity index (χ1v) is 6.84. The standard InChI is InChI=1S/C14H19N.C2H6/c1-3-5-10-14-12(7-4-2)8-6-9-13(14)11-15;1-2/h6,8-9H,3-5,7,10H2,1-2H3;1-2H3. The summed E-state index contributed by atoms with van der Waals surface area (Å²) in [7, 11) is 0. The molecule has 17 heavy (non-hydrogen) atoms. The lowest BCUT2D eigenvalue weighted by Crippen LogP contribution is -1.98. The summed E-state index contributed by atoms with van der Waals surface area (Å²) in [4.78, 5) is 0. The van der Waals surface area contributed by atoms with Crippen molar-refractivity contribution in [2.45, 2.75) is 59.8 Å². The number of nitriles is 1. The molecule has 0 aromatic heterocycles. The second-order valence-corrected chi connectivity index (χ2v) is 3.91. The Morgan fingerprint density at radius 1 is 1.06 bits per heavy atom. The minimum Gasteiger partial charge on any atom is -0.192 e. The Kier molecular flexibility index (Phi) is 9.15. The molecule has 1 aromatic rings. The quantitative estimate of drug-likeness (QED) is 0.708. The Bertz CT molecular complexity index is 347. The number of hydrogen-bond donors (Lipinski definition) is 0. The van der Waals surface area contributed by atoms with Gasteiger partial charge in [-0.25, -0.2) is 0 Å². The molecule has 0 atom stereocenters. The number of benzene rings is 1. The lowest BCUT2D eigenvalue weighted by Gasteiger charge is -2.09. The van der Waals surface area contributed by atoms with Gasteiger partial charge in [-0.3, -0.25) is 0 Å². The zero-order valence-electron chi connectivity index (χ0n) is 11.7. The van der Waals surface area contributed by atoms with E-state index in [1.807, 2.05) is 26.0 Å². The Labute approximate surface area is 106 Å². The van der Waals surface area contributed by atoms with E-state index in [2.05, 4.69) is 26.0 Å². The molecule has 0 saturated heterocycles. The normalized spacial score (nSPS) is 9.12. The van der Waals surface area contributed by atoms with E-state index in [1.54, 1.807) is 0 Å². The van der Waals surface area contributed by atoms with Gasteiger partial charge in [-0.1, -0.05) is 52.7 Å². The van der Waals surface area contributed by atoms with E-state index in [4.69, 9.17) is 5.26 Å². The van der Waals surface area contributed by atoms with Crippen molar-refractivity contribution >= 4 is 0 Å². The highest BCUT2D eigenvalue weighted by molar-refractivity contribution is 5.43. The Balaban J connectivity index is 0.00000121. The summed E-state index contributed by atoms with van der Waals surface area (Å²) in [5.41, 5.74) is 3.52. The number of hydrogen-bond acceptors (Lipinski definition) is 1. The van der Waals surface area contributed by atoms with E-state index >= 15 is 0 Å². The van der Waals surface area contributed by atoms with Crippen LogP contribution in [0.15, 0.2) is 18.2 Å². The molecule has 1 aromatic carbocycles. The molecule has 0 aliphatic carbocycles. The highest BCUT2D eigenvalue weighted by atomic mass is 14.2. The number of nitrogens with zero attached hydrogens (tertiary/aromatic N) is 1. The predicted octanol–water partition coefficient (Wildman–Crippen LogP) is 4.88. The van der Waals surface area contributed by atoms with Gasteiger partial charge in [0.2, 0.25) is 0 Å². The van der Waals surface area contributed by atoms with Crippen LogP contribution in [-0.2, 0) is 12.8 Å². The molecule has 0 aliphatic heterocycles. The highest BCUT2D eigenvalue weighted by Gasteiger charge is 2.06. The van der Waals surface area contributed by atoms with Crippen LogP contribution in [0.1, 0.15) is 63.6 Å². The molecule has 94 valence electrons. The zero-order valence-corrected chi connectivity index (χ0v) is 11.7. The molecular weight excluding hydrogens is 206 g/mol. The molecular formula is C16H25N. The summed E-state index contributed by atoms with van der Waals surface area (Å²) in [6.07, 6.45) is 5.65. The van der Waals surface area contributed by atoms with Gasteiger partial charge in [0.1, 0.15) is 0 Å². The average Bonchev–Trinajstić information content (AvgIpc) is 2.39. The Morgan fingerprint density at radius 3 is 2.29 bits per heavy atom. The van der Waals surface area contributed by atoms with Gasteiger partial charge in [0.25, 0.3) is 0 Å². The maximum Gasteiger partial charge on any atom is 0.0994 e. The molecule has 0 radical (unpaired) electrons. The fourth-order valence-electron chi connectivity index (χ4n) is 1.89. The third-order valence-corrected chi connectivity index (χ3v) is 2.69. The first-order valence-electron chi connectivity index (χ1n) is 6.84. The fourth-order valence-corrected chi connectivity index (χ4v) is 1.89. The van der Waals surface area contributed by atoms with Crippen LogP contribution in [0.25, 0.3) is 0 Å². The maximum absolute atomic E-state index is 9.06. The van der Waals surface area contributed by atoms with Crippen molar-refractivity contribution in [1.82, 2.24) is 0 Å². The molecule has 0 spiro atoms. The lowest BCUT2D eigenvalue weighted by molar-refractivity contribution is 0.778. The topological polar surface area (TPSA) is 23.8 Å². The lowest BCUT2D eigenvalue weighted by atomic mass is 9.94. The SMILES string of the molecule is CC.CCCCc1c(C#N)cccc1CCC. The zero-order chi connectivity index (χ0) is 13.1. The molecule has 1 rings (SSSR count).